The molecule has 0 radical (unpaired) electrons. The first kappa shape index (κ1) is 18.4. The van der Waals surface area contributed by atoms with Crippen molar-refractivity contribution in [3.63, 3.8) is 0 Å². The van der Waals surface area contributed by atoms with Gasteiger partial charge in [-0.3, -0.25) is 4.79 Å². The van der Waals surface area contributed by atoms with Crippen molar-refractivity contribution < 1.29 is 14.3 Å². The van der Waals surface area contributed by atoms with Gasteiger partial charge in [-0.2, -0.15) is 0 Å². The third-order valence-corrected chi connectivity index (χ3v) is 4.70. The molecule has 1 heterocycles. The maximum Gasteiger partial charge on any atom is 0.257 e. The van der Waals surface area contributed by atoms with E-state index in [1.807, 2.05) is 30.0 Å². The Balaban J connectivity index is 1.71. The molecule has 1 aliphatic heterocycles. The number of piperazine rings is 1. The number of carbonyl (C=O) groups is 1. The van der Waals surface area contributed by atoms with E-state index in [9.17, 15) is 4.79 Å². The van der Waals surface area contributed by atoms with Crippen molar-refractivity contribution >= 4 is 23.2 Å². The molecule has 0 atom stereocenters. The third kappa shape index (κ3) is 3.88. The predicted molar refractivity (Wildman–Crippen MR) is 104 cm³/mol. The first-order valence-corrected chi connectivity index (χ1v) is 9.11. The predicted octanol–water partition coefficient (Wildman–Crippen LogP) is 3.71. The Hall–Kier alpha value is -2.40. The van der Waals surface area contributed by atoms with Gasteiger partial charge in [-0.1, -0.05) is 23.7 Å². The van der Waals surface area contributed by atoms with Gasteiger partial charge < -0.3 is 19.3 Å². The number of rotatable bonds is 5. The van der Waals surface area contributed by atoms with Crippen molar-refractivity contribution in [3.05, 3.63) is 53.1 Å². The molecule has 1 fully saturated rings. The van der Waals surface area contributed by atoms with Gasteiger partial charge in [-0.05, 0) is 37.3 Å². The smallest absolute Gasteiger partial charge is 0.257 e. The van der Waals surface area contributed by atoms with Crippen molar-refractivity contribution in [2.75, 3.05) is 44.8 Å². The number of amides is 1. The Kier molecular flexibility index (Phi) is 5.89. The number of benzene rings is 2. The number of hydrogen-bond acceptors (Lipinski definition) is 4. The van der Waals surface area contributed by atoms with Crippen molar-refractivity contribution in [1.29, 1.82) is 0 Å². The van der Waals surface area contributed by atoms with Crippen molar-refractivity contribution in [1.82, 2.24) is 4.90 Å². The largest absolute Gasteiger partial charge is 0.496 e. The van der Waals surface area contributed by atoms with E-state index in [2.05, 4.69) is 11.0 Å². The van der Waals surface area contributed by atoms with Gasteiger partial charge in [-0.15, -0.1) is 0 Å². The fraction of sp³-hybridized carbons (Fsp3) is 0.350. The number of hydrogen-bond donors (Lipinski definition) is 0. The molecule has 3 rings (SSSR count). The zero-order valence-electron chi connectivity index (χ0n) is 15.1. The van der Waals surface area contributed by atoms with Crippen molar-refractivity contribution in [3.8, 4) is 11.5 Å². The van der Waals surface area contributed by atoms with Gasteiger partial charge in [0, 0.05) is 31.2 Å². The number of anilines is 1. The minimum absolute atomic E-state index is 0.0536. The van der Waals surface area contributed by atoms with E-state index in [0.29, 0.717) is 36.0 Å². The van der Waals surface area contributed by atoms with Gasteiger partial charge in [0.1, 0.15) is 11.5 Å². The molecule has 2 aromatic carbocycles. The summed E-state index contributed by atoms with van der Waals surface area (Å²) in [6, 6.07) is 13.1. The lowest BCUT2D eigenvalue weighted by Gasteiger charge is -2.36. The molecule has 1 aliphatic rings. The Bertz CT molecular complexity index is 773. The number of nitrogens with zero attached hydrogens (tertiary/aromatic N) is 2. The topological polar surface area (TPSA) is 42.0 Å². The molecule has 0 aliphatic carbocycles. The summed E-state index contributed by atoms with van der Waals surface area (Å²) in [4.78, 5) is 17.0. The molecule has 26 heavy (non-hydrogen) atoms. The van der Waals surface area contributed by atoms with E-state index >= 15 is 0 Å². The van der Waals surface area contributed by atoms with Crippen LogP contribution >= 0.6 is 11.6 Å². The molecule has 138 valence electrons. The van der Waals surface area contributed by atoms with Crippen molar-refractivity contribution in [2.45, 2.75) is 6.92 Å². The van der Waals surface area contributed by atoms with Crippen LogP contribution < -0.4 is 14.4 Å². The molecule has 1 saturated heterocycles. The highest BCUT2D eigenvalue weighted by Crippen LogP contribution is 2.30. The Labute approximate surface area is 159 Å². The van der Waals surface area contributed by atoms with Crippen LogP contribution in [-0.4, -0.2) is 50.7 Å². The fourth-order valence-corrected chi connectivity index (χ4v) is 3.34. The van der Waals surface area contributed by atoms with Crippen LogP contribution in [0.5, 0.6) is 11.5 Å². The third-order valence-electron chi connectivity index (χ3n) is 4.46. The van der Waals surface area contributed by atoms with E-state index in [4.69, 9.17) is 21.1 Å². The van der Waals surface area contributed by atoms with Crippen LogP contribution in [0.25, 0.3) is 0 Å². The standard InChI is InChI=1S/C20H23ClN2O3/c1-3-26-19-7-5-4-6-17(19)22-10-12-23(13-11-22)20(24)16-14-15(21)8-9-18(16)25-2/h4-9,14H,3,10-13H2,1-2H3. The molecule has 0 aromatic heterocycles. The van der Waals surface area contributed by atoms with E-state index in [0.717, 1.165) is 24.5 Å². The zero-order valence-corrected chi connectivity index (χ0v) is 15.8. The maximum absolute atomic E-state index is 12.9. The lowest BCUT2D eigenvalue weighted by atomic mass is 10.1. The number of carbonyl (C=O) groups excluding carboxylic acids is 1. The highest BCUT2D eigenvalue weighted by molar-refractivity contribution is 6.31. The minimum atomic E-state index is -0.0536. The summed E-state index contributed by atoms with van der Waals surface area (Å²) in [6.45, 7) is 5.37. The second-order valence-electron chi connectivity index (χ2n) is 6.02. The number of para-hydroxylation sites is 2. The van der Waals surface area contributed by atoms with Gasteiger partial charge in [0.2, 0.25) is 0 Å². The maximum atomic E-state index is 12.9. The molecule has 0 N–H and O–H groups in total. The van der Waals surface area contributed by atoms with Crippen LogP contribution in [0.15, 0.2) is 42.5 Å². The summed E-state index contributed by atoms with van der Waals surface area (Å²) in [7, 11) is 1.56. The van der Waals surface area contributed by atoms with Gasteiger partial charge in [0.05, 0.1) is 25.0 Å². The molecule has 5 nitrogen and oxygen atoms in total. The van der Waals surface area contributed by atoms with E-state index in [1.165, 1.54) is 0 Å². The second kappa shape index (κ2) is 8.32. The number of halogens is 1. The van der Waals surface area contributed by atoms with E-state index in [-0.39, 0.29) is 5.91 Å². The summed E-state index contributed by atoms with van der Waals surface area (Å²) in [6.07, 6.45) is 0. The van der Waals surface area contributed by atoms with Crippen LogP contribution in [-0.2, 0) is 0 Å². The lowest BCUT2D eigenvalue weighted by molar-refractivity contribution is 0.0743. The highest BCUT2D eigenvalue weighted by atomic mass is 35.5. The average Bonchev–Trinajstić information content (AvgIpc) is 2.68. The summed E-state index contributed by atoms with van der Waals surface area (Å²) in [5.74, 6) is 1.37. The van der Waals surface area contributed by atoms with Gasteiger partial charge in [-0.25, -0.2) is 0 Å². The first-order valence-electron chi connectivity index (χ1n) is 8.73. The summed E-state index contributed by atoms with van der Waals surface area (Å²) in [5.41, 5.74) is 1.57. The normalized spacial score (nSPS) is 14.3. The fourth-order valence-electron chi connectivity index (χ4n) is 3.16. The summed E-state index contributed by atoms with van der Waals surface area (Å²) >= 11 is 6.06. The molecular formula is C20H23ClN2O3. The molecule has 0 spiro atoms. The molecule has 1 amide bonds. The lowest BCUT2D eigenvalue weighted by Crippen LogP contribution is -2.49. The Morgan fingerprint density at radius 3 is 2.50 bits per heavy atom. The molecule has 6 heteroatoms. The van der Waals surface area contributed by atoms with Crippen LogP contribution in [0.4, 0.5) is 5.69 Å². The molecule has 0 bridgehead atoms. The molecule has 0 unspecified atom stereocenters. The van der Waals surface area contributed by atoms with Crippen LogP contribution in [0.3, 0.4) is 0 Å². The average molecular weight is 375 g/mol. The molecular weight excluding hydrogens is 352 g/mol. The first-order chi connectivity index (χ1) is 12.6. The molecule has 0 saturated carbocycles. The SMILES string of the molecule is CCOc1ccccc1N1CCN(C(=O)c2cc(Cl)ccc2OC)CC1. The highest BCUT2D eigenvalue weighted by Gasteiger charge is 2.25. The Morgan fingerprint density at radius 1 is 1.08 bits per heavy atom. The zero-order chi connectivity index (χ0) is 18.5. The number of ether oxygens (including phenoxy) is 2. The molecule has 2 aromatic rings. The van der Waals surface area contributed by atoms with Crippen LogP contribution in [0.1, 0.15) is 17.3 Å². The minimum Gasteiger partial charge on any atom is -0.496 e. The van der Waals surface area contributed by atoms with Crippen molar-refractivity contribution in [2.24, 2.45) is 0 Å². The van der Waals surface area contributed by atoms with Gasteiger partial charge in [0.15, 0.2) is 0 Å². The van der Waals surface area contributed by atoms with E-state index in [1.54, 1.807) is 25.3 Å². The quantitative estimate of drug-likeness (QED) is 0.800. The van der Waals surface area contributed by atoms with E-state index < -0.39 is 0 Å². The summed E-state index contributed by atoms with van der Waals surface area (Å²) in [5, 5.41) is 0.526. The second-order valence-corrected chi connectivity index (χ2v) is 6.46. The Morgan fingerprint density at radius 2 is 1.81 bits per heavy atom. The number of methoxy groups -OCH3 is 1. The monoisotopic (exact) mass is 374 g/mol. The van der Waals surface area contributed by atoms with Gasteiger partial charge in [0.25, 0.3) is 5.91 Å². The van der Waals surface area contributed by atoms with Gasteiger partial charge >= 0.3 is 0 Å². The summed E-state index contributed by atoms with van der Waals surface area (Å²) < 4.78 is 11.0. The van der Waals surface area contributed by atoms with Crippen LogP contribution in [0.2, 0.25) is 5.02 Å². The van der Waals surface area contributed by atoms with Crippen LogP contribution in [0, 0.1) is 0 Å².